The topological polar surface area (TPSA) is 101 Å². The van der Waals surface area contributed by atoms with Crippen LogP contribution in [0.25, 0.3) is 10.9 Å². The highest BCUT2D eigenvalue weighted by Crippen LogP contribution is 2.40. The summed E-state index contributed by atoms with van der Waals surface area (Å²) in [6, 6.07) is 18.7. The van der Waals surface area contributed by atoms with Gasteiger partial charge in [0.1, 0.15) is 22.8 Å². The van der Waals surface area contributed by atoms with E-state index < -0.39 is 12.0 Å². The third-order valence-electron chi connectivity index (χ3n) is 5.28. The van der Waals surface area contributed by atoms with Crippen LogP contribution in [0.1, 0.15) is 27.5 Å². The van der Waals surface area contributed by atoms with Crippen molar-refractivity contribution in [3.8, 4) is 17.2 Å². The molecule has 1 heterocycles. The molecule has 3 N–H and O–H groups in total. The Balaban J connectivity index is 1.87. The van der Waals surface area contributed by atoms with E-state index in [2.05, 4.69) is 10.3 Å². The van der Waals surface area contributed by atoms with Gasteiger partial charge < -0.3 is 25.0 Å². The van der Waals surface area contributed by atoms with Crippen LogP contribution in [0.4, 0.5) is 5.69 Å². The fourth-order valence-electron chi connectivity index (χ4n) is 3.64. The Morgan fingerprint density at radius 2 is 1.75 bits per heavy atom. The summed E-state index contributed by atoms with van der Waals surface area (Å²) >= 11 is 0. The van der Waals surface area contributed by atoms with Gasteiger partial charge in [0.15, 0.2) is 0 Å². The number of fused-ring (bicyclic) bond motifs is 1. The minimum Gasteiger partial charge on any atom is -0.505 e. The SMILES string of the molecule is COc1ccc(OC)c(C(Nc2ccc(C(=O)O)cc2)c2ccc3cccnc3c2O)c1. The first-order chi connectivity index (χ1) is 15.5. The van der Waals surface area contributed by atoms with E-state index in [1.54, 1.807) is 44.7 Å². The lowest BCUT2D eigenvalue weighted by molar-refractivity contribution is 0.0697. The number of hydrogen-bond acceptors (Lipinski definition) is 6. The number of hydrogen-bond donors (Lipinski definition) is 3. The second-order valence-electron chi connectivity index (χ2n) is 7.15. The number of nitrogens with zero attached hydrogens (tertiary/aromatic N) is 1. The Morgan fingerprint density at radius 3 is 2.44 bits per heavy atom. The summed E-state index contributed by atoms with van der Waals surface area (Å²) in [7, 11) is 3.15. The third kappa shape index (κ3) is 4.00. The molecule has 0 aliphatic carbocycles. The maximum atomic E-state index is 11.2. The van der Waals surface area contributed by atoms with E-state index in [-0.39, 0.29) is 11.3 Å². The molecule has 0 saturated heterocycles. The highest BCUT2D eigenvalue weighted by molar-refractivity contribution is 5.88. The molecule has 0 saturated carbocycles. The van der Waals surface area contributed by atoms with Gasteiger partial charge in [-0.3, -0.25) is 4.98 Å². The zero-order valence-electron chi connectivity index (χ0n) is 17.6. The van der Waals surface area contributed by atoms with Gasteiger partial charge in [-0.15, -0.1) is 0 Å². The van der Waals surface area contributed by atoms with Crippen LogP contribution in [0.15, 0.2) is 72.9 Å². The lowest BCUT2D eigenvalue weighted by atomic mass is 9.95. The van der Waals surface area contributed by atoms with Crippen LogP contribution in [0, 0.1) is 0 Å². The molecule has 0 radical (unpaired) electrons. The van der Waals surface area contributed by atoms with Crippen LogP contribution in [0.5, 0.6) is 17.2 Å². The Hall–Kier alpha value is -4.26. The largest absolute Gasteiger partial charge is 0.505 e. The van der Waals surface area contributed by atoms with Crippen molar-refractivity contribution >= 4 is 22.6 Å². The maximum absolute atomic E-state index is 11.2. The van der Waals surface area contributed by atoms with Crippen molar-refractivity contribution in [2.24, 2.45) is 0 Å². The Bertz CT molecular complexity index is 1270. The second kappa shape index (κ2) is 8.85. The highest BCUT2D eigenvalue weighted by Gasteiger charge is 2.24. The van der Waals surface area contributed by atoms with E-state index in [9.17, 15) is 15.0 Å². The van der Waals surface area contributed by atoms with Crippen LogP contribution in [-0.4, -0.2) is 35.4 Å². The smallest absolute Gasteiger partial charge is 0.335 e. The number of aromatic carboxylic acids is 1. The van der Waals surface area contributed by atoms with Crippen LogP contribution in [-0.2, 0) is 0 Å². The zero-order chi connectivity index (χ0) is 22.7. The van der Waals surface area contributed by atoms with Crippen molar-refractivity contribution < 1.29 is 24.5 Å². The van der Waals surface area contributed by atoms with Crippen molar-refractivity contribution in [1.82, 2.24) is 4.98 Å². The number of methoxy groups -OCH3 is 2. The number of phenolic OH excluding ortho intramolecular Hbond substituents is 1. The van der Waals surface area contributed by atoms with E-state index >= 15 is 0 Å². The molecule has 7 nitrogen and oxygen atoms in total. The molecule has 0 spiro atoms. The number of carboxylic acid groups (broad SMARTS) is 1. The molecule has 0 fully saturated rings. The second-order valence-corrected chi connectivity index (χ2v) is 7.15. The number of phenols is 1. The first kappa shape index (κ1) is 21.0. The number of ether oxygens (including phenoxy) is 2. The highest BCUT2D eigenvalue weighted by atomic mass is 16.5. The number of benzene rings is 3. The minimum absolute atomic E-state index is 0.0487. The molecular formula is C25H22N2O5. The number of aromatic hydroxyl groups is 1. The molecule has 3 aromatic carbocycles. The normalized spacial score (nSPS) is 11.7. The van der Waals surface area contributed by atoms with Crippen molar-refractivity contribution in [2.75, 3.05) is 19.5 Å². The average Bonchev–Trinajstić information content (AvgIpc) is 2.83. The fourth-order valence-corrected chi connectivity index (χ4v) is 3.64. The molecule has 1 unspecified atom stereocenters. The third-order valence-corrected chi connectivity index (χ3v) is 5.28. The van der Waals surface area contributed by atoms with Gasteiger partial charge in [0.05, 0.1) is 25.8 Å². The molecule has 162 valence electrons. The number of rotatable bonds is 7. The molecule has 0 bridgehead atoms. The molecule has 0 amide bonds. The Morgan fingerprint density at radius 1 is 0.969 bits per heavy atom. The predicted octanol–water partition coefficient (Wildman–Crippen LogP) is 4.86. The van der Waals surface area contributed by atoms with Gasteiger partial charge in [-0.05, 0) is 48.5 Å². The Labute approximate surface area is 184 Å². The van der Waals surface area contributed by atoms with Crippen molar-refractivity contribution in [1.29, 1.82) is 0 Å². The van der Waals surface area contributed by atoms with Crippen LogP contribution < -0.4 is 14.8 Å². The van der Waals surface area contributed by atoms with Crippen molar-refractivity contribution in [3.63, 3.8) is 0 Å². The van der Waals surface area contributed by atoms with E-state index in [0.717, 1.165) is 10.9 Å². The average molecular weight is 430 g/mol. The zero-order valence-corrected chi connectivity index (χ0v) is 17.6. The standard InChI is InChI=1S/C25H22N2O5/c1-31-18-10-12-21(32-2)20(14-18)23(27-17-8-5-16(6-9-17)25(29)30)19-11-7-15-4-3-13-26-22(15)24(19)28/h3-14,23,27-28H,1-2H3,(H,29,30). The summed E-state index contributed by atoms with van der Waals surface area (Å²) in [6.45, 7) is 0. The number of carbonyl (C=O) groups is 1. The number of nitrogens with one attached hydrogen (secondary N) is 1. The lowest BCUT2D eigenvalue weighted by Gasteiger charge is -2.24. The summed E-state index contributed by atoms with van der Waals surface area (Å²) < 4.78 is 11.0. The van der Waals surface area contributed by atoms with Gasteiger partial charge >= 0.3 is 5.97 Å². The number of anilines is 1. The number of aromatic nitrogens is 1. The van der Waals surface area contributed by atoms with Crippen LogP contribution >= 0.6 is 0 Å². The molecule has 4 aromatic rings. The van der Waals surface area contributed by atoms with Gasteiger partial charge in [0, 0.05) is 28.4 Å². The van der Waals surface area contributed by atoms with E-state index in [0.29, 0.717) is 28.3 Å². The number of pyridine rings is 1. The monoisotopic (exact) mass is 430 g/mol. The summed E-state index contributed by atoms with van der Waals surface area (Å²) in [5.74, 6) is 0.284. The molecule has 0 aliphatic rings. The summed E-state index contributed by atoms with van der Waals surface area (Å²) in [5.41, 5.74) is 2.67. The first-order valence-electron chi connectivity index (χ1n) is 9.90. The summed E-state index contributed by atoms with van der Waals surface area (Å²) in [6.07, 6.45) is 1.63. The van der Waals surface area contributed by atoms with E-state index in [1.165, 1.54) is 12.1 Å². The van der Waals surface area contributed by atoms with Crippen molar-refractivity contribution in [2.45, 2.75) is 6.04 Å². The first-order valence-corrected chi connectivity index (χ1v) is 9.90. The van der Waals surface area contributed by atoms with Crippen LogP contribution in [0.2, 0.25) is 0 Å². The molecule has 1 atom stereocenters. The van der Waals surface area contributed by atoms with Gasteiger partial charge in [0.25, 0.3) is 0 Å². The van der Waals surface area contributed by atoms with Crippen LogP contribution in [0.3, 0.4) is 0 Å². The fraction of sp³-hybridized carbons (Fsp3) is 0.120. The minimum atomic E-state index is -0.999. The van der Waals surface area contributed by atoms with Gasteiger partial charge in [-0.2, -0.15) is 0 Å². The van der Waals surface area contributed by atoms with Gasteiger partial charge in [0.2, 0.25) is 0 Å². The summed E-state index contributed by atoms with van der Waals surface area (Å²) in [4.78, 5) is 15.5. The molecule has 4 rings (SSSR count). The predicted molar refractivity (Wildman–Crippen MR) is 122 cm³/mol. The quantitative estimate of drug-likeness (QED) is 0.385. The molecule has 1 aromatic heterocycles. The molecule has 7 heteroatoms. The summed E-state index contributed by atoms with van der Waals surface area (Å²) in [5, 5.41) is 24.5. The Kier molecular flexibility index (Phi) is 5.81. The van der Waals surface area contributed by atoms with Crippen molar-refractivity contribution in [3.05, 3.63) is 89.6 Å². The maximum Gasteiger partial charge on any atom is 0.335 e. The molecule has 0 aliphatic heterocycles. The van der Waals surface area contributed by atoms with Gasteiger partial charge in [-0.1, -0.05) is 18.2 Å². The molecular weight excluding hydrogens is 408 g/mol. The molecule has 32 heavy (non-hydrogen) atoms. The lowest BCUT2D eigenvalue weighted by Crippen LogP contribution is -2.14. The number of carboxylic acids is 1. The van der Waals surface area contributed by atoms with E-state index in [4.69, 9.17) is 9.47 Å². The van der Waals surface area contributed by atoms with Gasteiger partial charge in [-0.25, -0.2) is 4.79 Å². The van der Waals surface area contributed by atoms with E-state index in [1.807, 2.05) is 30.3 Å².